The summed E-state index contributed by atoms with van der Waals surface area (Å²) in [5.74, 6) is -3.25. The van der Waals surface area contributed by atoms with Gasteiger partial charge >= 0.3 is 5.97 Å². The number of amides is 2. The van der Waals surface area contributed by atoms with Crippen LogP contribution in [-0.2, 0) is 24.5 Å². The summed E-state index contributed by atoms with van der Waals surface area (Å²) in [6.45, 7) is 0.846. The number of unbranched alkanes of at least 4 members (excludes halogenated alkanes) is 1. The molecule has 0 bridgehead atoms. The van der Waals surface area contributed by atoms with Gasteiger partial charge in [-0.25, -0.2) is 8.42 Å². The van der Waals surface area contributed by atoms with Crippen molar-refractivity contribution >= 4 is 27.9 Å². The number of rotatable bonds is 10. The summed E-state index contributed by atoms with van der Waals surface area (Å²) in [6.07, 6.45) is 2.09. The van der Waals surface area contributed by atoms with Gasteiger partial charge in [-0.2, -0.15) is 0 Å². The summed E-state index contributed by atoms with van der Waals surface area (Å²) in [4.78, 5) is 36.5. The summed E-state index contributed by atoms with van der Waals surface area (Å²) >= 11 is 0. The van der Waals surface area contributed by atoms with Crippen molar-refractivity contribution in [2.75, 3.05) is 25.9 Å². The van der Waals surface area contributed by atoms with Crippen LogP contribution < -0.4 is 10.6 Å². The molecule has 0 aromatic rings. The van der Waals surface area contributed by atoms with Crippen LogP contribution in [0.2, 0.25) is 0 Å². The highest BCUT2D eigenvalue weighted by atomic mass is 32.2. The Hall–Kier alpha value is -1.72. The Morgan fingerprint density at radius 1 is 1.32 bits per heavy atom. The predicted octanol–water partition coefficient (Wildman–Crippen LogP) is -1.52. The summed E-state index contributed by atoms with van der Waals surface area (Å²) < 4.78 is 33.0. The van der Waals surface area contributed by atoms with E-state index in [0.29, 0.717) is 19.3 Å². The number of nitrogens with zero attached hydrogens (tertiary/aromatic N) is 1. The highest BCUT2D eigenvalue weighted by Gasteiger charge is 2.31. The molecule has 25 heavy (non-hydrogen) atoms. The molecule has 1 aliphatic heterocycles. The number of nitrogens with one attached hydrogen (secondary N) is 2. The van der Waals surface area contributed by atoms with Gasteiger partial charge in [0, 0.05) is 13.0 Å². The molecule has 1 rings (SSSR count). The van der Waals surface area contributed by atoms with E-state index in [0.717, 1.165) is 13.0 Å². The van der Waals surface area contributed by atoms with E-state index in [4.69, 9.17) is 5.11 Å². The van der Waals surface area contributed by atoms with E-state index >= 15 is 0 Å². The zero-order valence-corrected chi connectivity index (χ0v) is 14.9. The molecular weight excluding hydrogens is 354 g/mol. The number of likely N-dealkylation sites (tertiary alicyclic amines) is 1. The van der Waals surface area contributed by atoms with Crippen molar-refractivity contribution in [1.82, 2.24) is 15.5 Å². The molecule has 0 saturated carbocycles. The second-order valence-corrected chi connectivity index (χ2v) is 7.51. The van der Waals surface area contributed by atoms with Gasteiger partial charge in [0.05, 0.1) is 21.9 Å². The molecule has 144 valence electrons. The number of likely N-dealkylation sites (N-methyl/N-ethyl adjacent to an activating group) is 1. The summed E-state index contributed by atoms with van der Waals surface area (Å²) in [6, 6.07) is -1.93. The molecule has 3 N–H and O–H groups in total. The Morgan fingerprint density at radius 3 is 2.52 bits per heavy atom. The van der Waals surface area contributed by atoms with Crippen LogP contribution in [0, 0.1) is 0 Å². The molecular formula is C14H24N3O7S-. The third-order valence-electron chi connectivity index (χ3n) is 3.94. The zero-order valence-electron chi connectivity index (χ0n) is 14.1. The second kappa shape index (κ2) is 9.68. The fourth-order valence-corrected chi connectivity index (χ4v) is 3.28. The Bertz CT molecular complexity index is 593. The Labute approximate surface area is 146 Å². The van der Waals surface area contributed by atoms with Crippen molar-refractivity contribution in [2.24, 2.45) is 0 Å². The SMILES string of the molecule is CN1CCCC1C(=O)NC(CS(=O)(=O)[O-])C(=O)NCCCCC(=O)O. The van der Waals surface area contributed by atoms with Crippen LogP contribution >= 0.6 is 0 Å². The van der Waals surface area contributed by atoms with E-state index in [9.17, 15) is 27.4 Å². The average Bonchev–Trinajstić information content (AvgIpc) is 2.90. The molecule has 2 atom stereocenters. The van der Waals surface area contributed by atoms with Crippen LogP contribution in [0.3, 0.4) is 0 Å². The van der Waals surface area contributed by atoms with Crippen LogP contribution in [0.25, 0.3) is 0 Å². The van der Waals surface area contributed by atoms with Crippen molar-refractivity contribution in [3.63, 3.8) is 0 Å². The van der Waals surface area contributed by atoms with E-state index in [-0.39, 0.29) is 13.0 Å². The first-order chi connectivity index (χ1) is 11.6. The minimum absolute atomic E-state index is 0.0427. The molecule has 1 aliphatic rings. The molecule has 11 heteroatoms. The second-order valence-electron chi connectivity index (χ2n) is 6.07. The van der Waals surface area contributed by atoms with E-state index in [1.54, 1.807) is 11.9 Å². The summed E-state index contributed by atoms with van der Waals surface area (Å²) in [7, 11) is -2.97. The number of carboxylic acid groups (broad SMARTS) is 1. The summed E-state index contributed by atoms with van der Waals surface area (Å²) in [5, 5.41) is 13.3. The standard InChI is InChI=1S/C14H25N3O7S/c1-17-8-4-5-11(17)14(21)16-10(9-25(22,23)24)13(20)15-7-3-2-6-12(18)19/h10-11H,2-9H2,1H3,(H,15,20)(H,16,21)(H,18,19)(H,22,23,24)/p-1. The lowest BCUT2D eigenvalue weighted by Gasteiger charge is -2.24. The monoisotopic (exact) mass is 378 g/mol. The van der Waals surface area contributed by atoms with Crippen molar-refractivity contribution in [1.29, 1.82) is 0 Å². The van der Waals surface area contributed by atoms with Crippen molar-refractivity contribution in [3.8, 4) is 0 Å². The molecule has 2 unspecified atom stereocenters. The number of carbonyl (C=O) groups is 3. The number of hydrogen-bond acceptors (Lipinski definition) is 7. The normalized spacial score (nSPS) is 19.4. The molecule has 0 aliphatic carbocycles. The van der Waals surface area contributed by atoms with Crippen molar-refractivity contribution in [2.45, 2.75) is 44.2 Å². The fourth-order valence-electron chi connectivity index (χ4n) is 2.63. The molecule has 1 saturated heterocycles. The molecule has 1 heterocycles. The first-order valence-electron chi connectivity index (χ1n) is 8.04. The topological polar surface area (TPSA) is 156 Å². The third-order valence-corrected chi connectivity index (χ3v) is 4.69. The van der Waals surface area contributed by atoms with Gasteiger partial charge in [0.2, 0.25) is 11.8 Å². The van der Waals surface area contributed by atoms with Crippen LogP contribution in [0.15, 0.2) is 0 Å². The lowest BCUT2D eigenvalue weighted by Crippen LogP contribution is -2.54. The number of carboxylic acids is 1. The molecule has 0 aromatic heterocycles. The minimum Gasteiger partial charge on any atom is -0.748 e. The Kier molecular flexibility index (Phi) is 8.26. The van der Waals surface area contributed by atoms with Gasteiger partial charge in [-0.3, -0.25) is 19.3 Å². The van der Waals surface area contributed by atoms with Gasteiger partial charge in [0.1, 0.15) is 6.04 Å². The number of hydrogen-bond donors (Lipinski definition) is 3. The molecule has 0 aromatic carbocycles. The van der Waals surface area contributed by atoms with Gasteiger partial charge in [-0.1, -0.05) is 0 Å². The highest BCUT2D eigenvalue weighted by Crippen LogP contribution is 2.14. The lowest BCUT2D eigenvalue weighted by atomic mass is 10.2. The third kappa shape index (κ3) is 8.27. The van der Waals surface area contributed by atoms with Gasteiger partial charge in [0.15, 0.2) is 0 Å². The van der Waals surface area contributed by atoms with Crippen molar-refractivity contribution in [3.05, 3.63) is 0 Å². The minimum atomic E-state index is -4.71. The summed E-state index contributed by atoms with van der Waals surface area (Å²) in [5.41, 5.74) is 0. The number of aliphatic carboxylic acids is 1. The molecule has 2 amide bonds. The molecule has 10 nitrogen and oxygen atoms in total. The number of carbonyl (C=O) groups excluding carboxylic acids is 2. The van der Waals surface area contributed by atoms with Gasteiger partial charge in [-0.05, 0) is 39.3 Å². The van der Waals surface area contributed by atoms with Gasteiger partial charge in [0.25, 0.3) is 0 Å². The van der Waals surface area contributed by atoms with E-state index in [1.807, 2.05) is 0 Å². The Balaban J connectivity index is 2.58. The smallest absolute Gasteiger partial charge is 0.303 e. The molecule has 0 spiro atoms. The van der Waals surface area contributed by atoms with Crippen LogP contribution in [0.1, 0.15) is 32.1 Å². The predicted molar refractivity (Wildman–Crippen MR) is 86.6 cm³/mol. The molecule has 0 radical (unpaired) electrons. The maximum atomic E-state index is 12.2. The first-order valence-corrected chi connectivity index (χ1v) is 9.61. The van der Waals surface area contributed by atoms with Gasteiger partial charge in [-0.15, -0.1) is 0 Å². The van der Waals surface area contributed by atoms with Crippen molar-refractivity contribution < 1.29 is 32.5 Å². The fraction of sp³-hybridized carbons (Fsp3) is 0.786. The average molecular weight is 378 g/mol. The lowest BCUT2D eigenvalue weighted by molar-refractivity contribution is -0.137. The highest BCUT2D eigenvalue weighted by molar-refractivity contribution is 7.85. The van der Waals surface area contributed by atoms with Gasteiger partial charge < -0.3 is 20.3 Å². The van der Waals surface area contributed by atoms with Crippen LogP contribution in [0.4, 0.5) is 0 Å². The maximum Gasteiger partial charge on any atom is 0.303 e. The zero-order chi connectivity index (χ0) is 19.0. The first kappa shape index (κ1) is 21.3. The Morgan fingerprint density at radius 2 is 2.00 bits per heavy atom. The largest absolute Gasteiger partial charge is 0.748 e. The van der Waals surface area contributed by atoms with Crippen LogP contribution in [0.5, 0.6) is 0 Å². The quantitative estimate of drug-likeness (QED) is 0.306. The maximum absolute atomic E-state index is 12.2. The van der Waals surface area contributed by atoms with Crippen LogP contribution in [-0.4, -0.2) is 78.7 Å². The van der Waals surface area contributed by atoms with E-state index in [2.05, 4.69) is 10.6 Å². The van der Waals surface area contributed by atoms with E-state index < -0.39 is 45.7 Å². The molecule has 1 fully saturated rings. The van der Waals surface area contributed by atoms with E-state index in [1.165, 1.54) is 0 Å².